The number of benzene rings is 2. The number of aryl methyl sites for hydroxylation is 1. The van der Waals surface area contributed by atoms with E-state index >= 15 is 0 Å². The number of ether oxygens (including phenoxy) is 2. The number of carbonyl (C=O) groups is 1. The van der Waals surface area contributed by atoms with E-state index in [1.165, 1.54) is 5.56 Å². The summed E-state index contributed by atoms with van der Waals surface area (Å²) in [5, 5.41) is 3.56. The molecule has 1 N–H and O–H groups in total. The quantitative estimate of drug-likeness (QED) is 0.751. The van der Waals surface area contributed by atoms with Crippen molar-refractivity contribution >= 4 is 11.5 Å². The fraction of sp³-hybridized carbons (Fsp3) is 0.400. The minimum atomic E-state index is -0.142. The number of methoxy groups -OCH3 is 2. The highest BCUT2D eigenvalue weighted by Gasteiger charge is 2.42. The normalized spacial score (nSPS) is 19.9. The van der Waals surface area contributed by atoms with Crippen LogP contribution >= 0.6 is 0 Å². The molecule has 0 saturated carbocycles. The van der Waals surface area contributed by atoms with Crippen LogP contribution in [0.1, 0.15) is 56.2 Å². The smallest absolute Gasteiger partial charge is 0.162 e. The summed E-state index contributed by atoms with van der Waals surface area (Å²) in [5.41, 5.74) is 6.21. The summed E-state index contributed by atoms with van der Waals surface area (Å²) in [7, 11) is 3.32. The molecule has 4 heteroatoms. The number of hydrogen-bond donors (Lipinski definition) is 1. The largest absolute Gasteiger partial charge is 0.497 e. The van der Waals surface area contributed by atoms with Gasteiger partial charge in [-0.15, -0.1) is 0 Å². The van der Waals surface area contributed by atoms with Crippen LogP contribution in [0.15, 0.2) is 47.7 Å². The highest BCUT2D eigenvalue weighted by atomic mass is 16.5. The number of rotatable bonds is 4. The fourth-order valence-electron chi connectivity index (χ4n) is 4.66. The van der Waals surface area contributed by atoms with Gasteiger partial charge in [-0.25, -0.2) is 0 Å². The Balaban J connectivity index is 1.96. The van der Waals surface area contributed by atoms with Crippen LogP contribution in [0.4, 0.5) is 5.69 Å². The lowest BCUT2D eigenvalue weighted by molar-refractivity contribution is -0.118. The van der Waals surface area contributed by atoms with Crippen LogP contribution in [0.25, 0.3) is 0 Å². The van der Waals surface area contributed by atoms with Crippen molar-refractivity contribution in [3.8, 4) is 11.5 Å². The molecule has 2 aromatic rings. The first-order chi connectivity index (χ1) is 13.9. The summed E-state index contributed by atoms with van der Waals surface area (Å²) in [6.45, 7) is 6.46. The first kappa shape index (κ1) is 19.6. The summed E-state index contributed by atoms with van der Waals surface area (Å²) >= 11 is 0. The van der Waals surface area contributed by atoms with Gasteiger partial charge in [-0.05, 0) is 29.4 Å². The fourth-order valence-corrected chi connectivity index (χ4v) is 4.66. The molecule has 1 aliphatic carbocycles. The van der Waals surface area contributed by atoms with Gasteiger partial charge in [0.1, 0.15) is 11.5 Å². The van der Waals surface area contributed by atoms with Crippen molar-refractivity contribution in [2.45, 2.75) is 46.0 Å². The molecule has 4 rings (SSSR count). The Kier molecular flexibility index (Phi) is 4.89. The number of carbonyl (C=O) groups excluding carboxylic acids is 1. The average molecular weight is 392 g/mol. The third-order valence-electron chi connectivity index (χ3n) is 6.08. The van der Waals surface area contributed by atoms with Crippen LogP contribution in [0.2, 0.25) is 0 Å². The van der Waals surface area contributed by atoms with Gasteiger partial charge in [0.2, 0.25) is 0 Å². The average Bonchev–Trinajstić information content (AvgIpc) is 2.70. The number of hydrogen-bond acceptors (Lipinski definition) is 4. The molecule has 1 atom stereocenters. The van der Waals surface area contributed by atoms with E-state index in [2.05, 4.69) is 50.4 Å². The molecule has 2 aliphatic rings. The highest BCUT2D eigenvalue weighted by Crippen LogP contribution is 2.52. The number of allylic oxidation sites excluding steroid dienone is 2. The van der Waals surface area contributed by atoms with Gasteiger partial charge in [-0.3, -0.25) is 4.79 Å². The van der Waals surface area contributed by atoms with Crippen molar-refractivity contribution in [3.05, 3.63) is 64.4 Å². The molecular formula is C25H29NO3. The number of fused-ring (bicyclic) bond motifs is 1. The minimum Gasteiger partial charge on any atom is -0.497 e. The molecule has 0 amide bonds. The number of nitrogens with one attached hydrogen (secondary N) is 1. The van der Waals surface area contributed by atoms with Gasteiger partial charge in [0.05, 0.1) is 14.2 Å². The summed E-state index contributed by atoms with van der Waals surface area (Å²) < 4.78 is 11.2. The summed E-state index contributed by atoms with van der Waals surface area (Å²) in [6.07, 6.45) is 2.39. The lowest BCUT2D eigenvalue weighted by atomic mass is 9.68. The van der Waals surface area contributed by atoms with Gasteiger partial charge in [0.15, 0.2) is 5.78 Å². The second kappa shape index (κ2) is 7.25. The van der Waals surface area contributed by atoms with Crippen LogP contribution in [0.3, 0.4) is 0 Å². The second-order valence-corrected chi connectivity index (χ2v) is 8.78. The molecule has 29 heavy (non-hydrogen) atoms. The van der Waals surface area contributed by atoms with Crippen LogP contribution in [0, 0.1) is 5.41 Å². The number of anilines is 1. The molecular weight excluding hydrogens is 362 g/mol. The van der Waals surface area contributed by atoms with Gasteiger partial charge in [-0.1, -0.05) is 45.0 Å². The summed E-state index contributed by atoms with van der Waals surface area (Å²) in [4.78, 5) is 13.3. The van der Waals surface area contributed by atoms with Crippen molar-refractivity contribution in [2.75, 3.05) is 19.5 Å². The third kappa shape index (κ3) is 3.41. The van der Waals surface area contributed by atoms with Gasteiger partial charge in [-0.2, -0.15) is 0 Å². The molecule has 1 aliphatic heterocycles. The topological polar surface area (TPSA) is 47.6 Å². The lowest BCUT2D eigenvalue weighted by Crippen LogP contribution is -2.34. The Labute approximate surface area is 172 Å². The number of Topliss-reactive ketones (excluding diaryl/α,β-unsaturated/α-hetero) is 1. The van der Waals surface area contributed by atoms with Gasteiger partial charge in [0, 0.05) is 47.0 Å². The van der Waals surface area contributed by atoms with Gasteiger partial charge < -0.3 is 14.8 Å². The third-order valence-corrected chi connectivity index (χ3v) is 6.08. The highest BCUT2D eigenvalue weighted by molar-refractivity contribution is 6.02. The Morgan fingerprint density at radius 1 is 1.07 bits per heavy atom. The van der Waals surface area contributed by atoms with Crippen molar-refractivity contribution in [2.24, 2.45) is 5.41 Å². The van der Waals surface area contributed by atoms with Crippen LogP contribution in [0.5, 0.6) is 11.5 Å². The predicted octanol–water partition coefficient (Wildman–Crippen LogP) is 5.47. The first-order valence-electron chi connectivity index (χ1n) is 10.2. The van der Waals surface area contributed by atoms with Crippen molar-refractivity contribution in [3.63, 3.8) is 0 Å². The number of ketones is 1. The van der Waals surface area contributed by atoms with E-state index in [1.54, 1.807) is 14.2 Å². The molecule has 4 nitrogen and oxygen atoms in total. The zero-order valence-corrected chi connectivity index (χ0v) is 17.9. The molecule has 2 aromatic carbocycles. The predicted molar refractivity (Wildman–Crippen MR) is 116 cm³/mol. The van der Waals surface area contributed by atoms with E-state index in [9.17, 15) is 4.79 Å². The van der Waals surface area contributed by atoms with Crippen LogP contribution in [-0.4, -0.2) is 20.0 Å². The zero-order chi connectivity index (χ0) is 20.8. The van der Waals surface area contributed by atoms with Gasteiger partial charge in [0.25, 0.3) is 0 Å². The van der Waals surface area contributed by atoms with E-state index in [1.807, 2.05) is 12.1 Å². The maximum Gasteiger partial charge on any atom is 0.162 e. The Morgan fingerprint density at radius 3 is 2.41 bits per heavy atom. The maximum absolute atomic E-state index is 13.3. The van der Waals surface area contributed by atoms with Crippen LogP contribution in [-0.2, 0) is 11.2 Å². The van der Waals surface area contributed by atoms with Gasteiger partial charge >= 0.3 is 0 Å². The lowest BCUT2D eigenvalue weighted by Gasteiger charge is -2.40. The molecule has 0 aromatic heterocycles. The monoisotopic (exact) mass is 391 g/mol. The van der Waals surface area contributed by atoms with Crippen molar-refractivity contribution in [1.82, 2.24) is 0 Å². The Morgan fingerprint density at radius 2 is 1.79 bits per heavy atom. The summed E-state index contributed by atoms with van der Waals surface area (Å²) in [5.74, 6) is 1.55. The van der Waals surface area contributed by atoms with Crippen LogP contribution < -0.4 is 14.8 Å². The molecule has 1 heterocycles. The van der Waals surface area contributed by atoms with E-state index in [4.69, 9.17) is 9.47 Å². The molecule has 0 radical (unpaired) electrons. The molecule has 0 spiro atoms. The van der Waals surface area contributed by atoms with E-state index in [0.717, 1.165) is 52.4 Å². The molecule has 0 saturated heterocycles. The SMILES string of the molecule is CCc1ccc([C@@H]2C3=C(CC(C)(C)CC3=O)Nc3cc(OC)cc(OC)c32)cc1. The second-order valence-electron chi connectivity index (χ2n) is 8.78. The maximum atomic E-state index is 13.3. The molecule has 0 unspecified atom stereocenters. The molecule has 152 valence electrons. The summed E-state index contributed by atoms with van der Waals surface area (Å²) in [6, 6.07) is 12.5. The minimum absolute atomic E-state index is 0.0556. The van der Waals surface area contributed by atoms with Crippen molar-refractivity contribution in [1.29, 1.82) is 0 Å². The zero-order valence-electron chi connectivity index (χ0n) is 17.9. The van der Waals surface area contributed by atoms with E-state index in [0.29, 0.717) is 6.42 Å². The molecule has 0 bridgehead atoms. The van der Waals surface area contributed by atoms with E-state index < -0.39 is 0 Å². The Bertz CT molecular complexity index is 986. The van der Waals surface area contributed by atoms with E-state index in [-0.39, 0.29) is 17.1 Å². The standard InChI is InChI=1S/C25H29NO3/c1-6-15-7-9-16(10-8-15)22-23-19(13-25(2,3)14-20(23)27)26-18-11-17(28-4)12-21(29-5)24(18)22/h7-12,22,26H,6,13-14H2,1-5H3/t22-/m1/s1. The van der Waals surface area contributed by atoms with Crippen molar-refractivity contribution < 1.29 is 14.3 Å². The first-order valence-corrected chi connectivity index (χ1v) is 10.2. The Hall–Kier alpha value is -2.75. The molecule has 0 fully saturated rings.